The second kappa shape index (κ2) is 5.87. The molecule has 3 rings (SSSR count). The van der Waals surface area contributed by atoms with Gasteiger partial charge in [-0.25, -0.2) is 4.39 Å². The number of esters is 1. The van der Waals surface area contributed by atoms with Crippen LogP contribution in [-0.4, -0.2) is 29.9 Å². The molecule has 2 bridgehead atoms. The molecule has 4 nitrogen and oxygen atoms in total. The van der Waals surface area contributed by atoms with E-state index in [4.69, 9.17) is 14.2 Å². The Balaban J connectivity index is 1.73. The highest BCUT2D eigenvalue weighted by Crippen LogP contribution is 2.55. The zero-order chi connectivity index (χ0) is 16.7. The minimum atomic E-state index is -0.716. The number of carbonyl (C=O) groups excluding carboxylic acids is 1. The molecule has 4 atom stereocenters. The van der Waals surface area contributed by atoms with Gasteiger partial charge in [-0.15, -0.1) is 0 Å². The van der Waals surface area contributed by atoms with E-state index in [0.29, 0.717) is 25.0 Å². The van der Waals surface area contributed by atoms with Crippen molar-refractivity contribution in [1.82, 2.24) is 0 Å². The molecule has 0 amide bonds. The van der Waals surface area contributed by atoms with E-state index in [2.05, 4.69) is 0 Å². The highest BCUT2D eigenvalue weighted by atomic mass is 19.1. The average molecular weight is 322 g/mol. The lowest BCUT2D eigenvalue weighted by atomic mass is 9.73. The fourth-order valence-electron chi connectivity index (χ4n) is 3.88. The standard InChI is InChI=1S/C18H23FO4/c1-4-21-16(20)13-9-17(2)10-15(18(13,3)23-17)22-11-12-7-5-6-8-14(12)19/h5-8,13,15H,4,9-11H2,1-3H3/t13?,15-,17-,18+/m0/s1. The van der Waals surface area contributed by atoms with Crippen molar-refractivity contribution in [2.24, 2.45) is 5.92 Å². The number of benzene rings is 1. The Morgan fingerprint density at radius 3 is 2.74 bits per heavy atom. The van der Waals surface area contributed by atoms with Gasteiger partial charge in [0.2, 0.25) is 0 Å². The predicted molar refractivity (Wildman–Crippen MR) is 82.2 cm³/mol. The van der Waals surface area contributed by atoms with Crippen LogP contribution in [-0.2, 0) is 25.6 Å². The molecule has 1 unspecified atom stereocenters. The van der Waals surface area contributed by atoms with E-state index in [0.717, 1.165) is 0 Å². The van der Waals surface area contributed by atoms with E-state index in [9.17, 15) is 9.18 Å². The molecule has 0 saturated carbocycles. The second-order valence-corrected chi connectivity index (χ2v) is 6.84. The molecule has 1 aromatic carbocycles. The van der Waals surface area contributed by atoms with E-state index in [1.54, 1.807) is 25.1 Å². The van der Waals surface area contributed by atoms with Crippen LogP contribution in [0.5, 0.6) is 0 Å². The molecule has 1 aromatic rings. The van der Waals surface area contributed by atoms with Crippen molar-refractivity contribution in [3.8, 4) is 0 Å². The third kappa shape index (κ3) is 2.88. The summed E-state index contributed by atoms with van der Waals surface area (Å²) in [5, 5.41) is 0. The van der Waals surface area contributed by atoms with Gasteiger partial charge in [-0.1, -0.05) is 18.2 Å². The molecule has 0 aromatic heterocycles. The molecule has 23 heavy (non-hydrogen) atoms. The van der Waals surface area contributed by atoms with Gasteiger partial charge >= 0.3 is 5.97 Å². The van der Waals surface area contributed by atoms with E-state index >= 15 is 0 Å². The molecule has 2 heterocycles. The van der Waals surface area contributed by atoms with Crippen LogP contribution in [0.2, 0.25) is 0 Å². The molecular weight excluding hydrogens is 299 g/mol. The molecule has 2 saturated heterocycles. The summed E-state index contributed by atoms with van der Waals surface area (Å²) in [4.78, 5) is 12.2. The fourth-order valence-corrected chi connectivity index (χ4v) is 3.88. The average Bonchev–Trinajstić information content (AvgIpc) is 2.92. The maximum absolute atomic E-state index is 13.7. The lowest BCUT2D eigenvalue weighted by molar-refractivity contribution is -0.161. The second-order valence-electron chi connectivity index (χ2n) is 6.84. The molecule has 0 N–H and O–H groups in total. The van der Waals surface area contributed by atoms with Gasteiger partial charge in [0.25, 0.3) is 0 Å². The van der Waals surface area contributed by atoms with Crippen LogP contribution in [0.3, 0.4) is 0 Å². The highest BCUT2D eigenvalue weighted by Gasteiger charge is 2.65. The number of hydrogen-bond donors (Lipinski definition) is 0. The number of hydrogen-bond acceptors (Lipinski definition) is 4. The van der Waals surface area contributed by atoms with Gasteiger partial charge in [0, 0.05) is 12.0 Å². The van der Waals surface area contributed by atoms with Gasteiger partial charge in [-0.3, -0.25) is 4.79 Å². The Bertz CT molecular complexity index is 604. The zero-order valence-corrected chi connectivity index (χ0v) is 13.8. The zero-order valence-electron chi connectivity index (χ0n) is 13.8. The summed E-state index contributed by atoms with van der Waals surface area (Å²) in [7, 11) is 0. The summed E-state index contributed by atoms with van der Waals surface area (Å²) >= 11 is 0. The number of halogens is 1. The smallest absolute Gasteiger partial charge is 0.312 e. The van der Waals surface area contributed by atoms with Crippen LogP contribution in [0, 0.1) is 11.7 Å². The molecule has 2 aliphatic rings. The topological polar surface area (TPSA) is 44.8 Å². The lowest BCUT2D eigenvalue weighted by Crippen LogP contribution is -2.48. The van der Waals surface area contributed by atoms with Gasteiger partial charge in [0.05, 0.1) is 30.8 Å². The Kier molecular flexibility index (Phi) is 4.19. The number of rotatable bonds is 5. The Morgan fingerprint density at radius 2 is 2.09 bits per heavy atom. The van der Waals surface area contributed by atoms with E-state index in [-0.39, 0.29) is 36.0 Å². The highest BCUT2D eigenvalue weighted by molar-refractivity contribution is 5.75. The van der Waals surface area contributed by atoms with Crippen molar-refractivity contribution in [3.63, 3.8) is 0 Å². The monoisotopic (exact) mass is 322 g/mol. The first-order valence-electron chi connectivity index (χ1n) is 8.10. The number of carbonyl (C=O) groups is 1. The van der Waals surface area contributed by atoms with Crippen molar-refractivity contribution in [1.29, 1.82) is 0 Å². The van der Waals surface area contributed by atoms with Gasteiger partial charge in [0.15, 0.2) is 0 Å². The maximum atomic E-state index is 13.7. The van der Waals surface area contributed by atoms with Crippen LogP contribution < -0.4 is 0 Å². The van der Waals surface area contributed by atoms with Crippen LogP contribution in [0.4, 0.5) is 4.39 Å². The Hall–Kier alpha value is -1.46. The van der Waals surface area contributed by atoms with Crippen LogP contribution in [0.1, 0.15) is 39.2 Å². The van der Waals surface area contributed by atoms with E-state index in [1.807, 2.05) is 13.8 Å². The fraction of sp³-hybridized carbons (Fsp3) is 0.611. The first kappa shape index (κ1) is 16.4. The van der Waals surface area contributed by atoms with Crippen molar-refractivity contribution in [3.05, 3.63) is 35.6 Å². The van der Waals surface area contributed by atoms with E-state index in [1.165, 1.54) is 6.07 Å². The SMILES string of the molecule is CCOC(=O)C1C[C@@]2(C)C[C@H](OCc3ccccc3F)[C@]1(C)O2. The number of ether oxygens (including phenoxy) is 3. The first-order valence-corrected chi connectivity index (χ1v) is 8.10. The summed E-state index contributed by atoms with van der Waals surface area (Å²) in [6.45, 7) is 6.21. The van der Waals surface area contributed by atoms with Gasteiger partial charge in [-0.05, 0) is 33.3 Å². The number of fused-ring (bicyclic) bond motifs is 2. The Labute approximate surface area is 135 Å². The molecule has 0 aliphatic carbocycles. The van der Waals surface area contributed by atoms with Gasteiger partial charge in [0.1, 0.15) is 11.4 Å². The molecule has 2 aliphatic heterocycles. The van der Waals surface area contributed by atoms with Crippen molar-refractivity contribution < 1.29 is 23.4 Å². The van der Waals surface area contributed by atoms with Crippen molar-refractivity contribution in [2.75, 3.05) is 6.61 Å². The summed E-state index contributed by atoms with van der Waals surface area (Å²) in [5.74, 6) is -0.861. The van der Waals surface area contributed by atoms with Crippen molar-refractivity contribution in [2.45, 2.75) is 57.5 Å². The molecule has 5 heteroatoms. The molecule has 126 valence electrons. The molecule has 0 radical (unpaired) electrons. The van der Waals surface area contributed by atoms with Crippen molar-refractivity contribution >= 4 is 5.97 Å². The van der Waals surface area contributed by atoms with Crippen LogP contribution in [0.15, 0.2) is 24.3 Å². The summed E-state index contributed by atoms with van der Waals surface area (Å²) in [5.41, 5.74) is -0.588. The summed E-state index contributed by atoms with van der Waals surface area (Å²) in [6.07, 6.45) is 1.09. The predicted octanol–water partition coefficient (Wildman–Crippen LogP) is 3.23. The largest absolute Gasteiger partial charge is 0.466 e. The maximum Gasteiger partial charge on any atom is 0.312 e. The quantitative estimate of drug-likeness (QED) is 0.781. The summed E-state index contributed by atoms with van der Waals surface area (Å²) in [6, 6.07) is 6.55. The molecule has 2 fully saturated rings. The van der Waals surface area contributed by atoms with Gasteiger partial charge in [-0.2, -0.15) is 0 Å². The first-order chi connectivity index (χ1) is 10.9. The normalized spacial score (nSPS) is 35.5. The molecular formula is C18H23FO4. The molecule has 0 spiro atoms. The third-order valence-corrected chi connectivity index (χ3v) is 5.02. The van der Waals surface area contributed by atoms with Gasteiger partial charge < -0.3 is 14.2 Å². The minimum absolute atomic E-state index is 0.169. The minimum Gasteiger partial charge on any atom is -0.466 e. The van der Waals surface area contributed by atoms with Crippen LogP contribution in [0.25, 0.3) is 0 Å². The van der Waals surface area contributed by atoms with Crippen LogP contribution >= 0.6 is 0 Å². The summed E-state index contributed by atoms with van der Waals surface area (Å²) < 4.78 is 31.0. The van der Waals surface area contributed by atoms with E-state index < -0.39 is 5.60 Å². The third-order valence-electron chi connectivity index (χ3n) is 5.02. The Morgan fingerprint density at radius 1 is 1.35 bits per heavy atom. The lowest BCUT2D eigenvalue weighted by Gasteiger charge is -2.34.